The second-order valence-corrected chi connectivity index (χ2v) is 6.67. The highest BCUT2D eigenvalue weighted by Crippen LogP contribution is 2.22. The zero-order valence-corrected chi connectivity index (χ0v) is 14.5. The molecule has 1 aromatic carbocycles. The van der Waals surface area contributed by atoms with Crippen LogP contribution >= 0.6 is 0 Å². The molecule has 2 heterocycles. The third-order valence-electron chi connectivity index (χ3n) is 4.76. The van der Waals surface area contributed by atoms with E-state index in [0.29, 0.717) is 12.2 Å². The van der Waals surface area contributed by atoms with E-state index >= 15 is 0 Å². The molecule has 4 rings (SSSR count). The van der Waals surface area contributed by atoms with E-state index < -0.39 is 6.10 Å². The largest absolute Gasteiger partial charge is 0.391 e. The van der Waals surface area contributed by atoms with E-state index in [-0.39, 0.29) is 12.1 Å². The number of carbonyl (C=O) groups excluding carboxylic acids is 1. The molecule has 2 aromatic heterocycles. The number of urea groups is 1. The Labute approximate surface area is 151 Å². The van der Waals surface area contributed by atoms with Crippen LogP contribution in [0.1, 0.15) is 24.1 Å². The number of carbonyl (C=O) groups is 1. The molecule has 1 saturated carbocycles. The topological polar surface area (TPSA) is 92.1 Å². The number of nitrogens with zero attached hydrogens (tertiary/aromatic N) is 3. The Bertz CT molecular complexity index is 938. The number of aromatic nitrogens is 3. The molecular weight excluding hydrogens is 330 g/mol. The van der Waals surface area contributed by atoms with Crippen LogP contribution in [0.5, 0.6) is 0 Å². The fourth-order valence-corrected chi connectivity index (χ4v) is 3.13. The van der Waals surface area contributed by atoms with Gasteiger partial charge in [0.25, 0.3) is 0 Å². The fraction of sp³-hybridized carbons (Fsp3) is 0.316. The molecule has 0 saturated heterocycles. The zero-order chi connectivity index (χ0) is 18.1. The Morgan fingerprint density at radius 3 is 2.81 bits per heavy atom. The van der Waals surface area contributed by atoms with Crippen molar-refractivity contribution in [1.82, 2.24) is 20.1 Å². The quantitative estimate of drug-likeness (QED) is 0.673. The first-order valence-electron chi connectivity index (χ1n) is 8.73. The van der Waals surface area contributed by atoms with E-state index in [0.717, 1.165) is 35.1 Å². The van der Waals surface area contributed by atoms with Gasteiger partial charge in [-0.05, 0) is 31.4 Å². The van der Waals surface area contributed by atoms with Gasteiger partial charge in [-0.3, -0.25) is 0 Å². The van der Waals surface area contributed by atoms with E-state index in [1.165, 1.54) is 0 Å². The molecule has 1 aliphatic rings. The van der Waals surface area contributed by atoms with Gasteiger partial charge in [0.1, 0.15) is 0 Å². The molecule has 7 heteroatoms. The molecule has 0 unspecified atom stereocenters. The van der Waals surface area contributed by atoms with Crippen LogP contribution in [-0.4, -0.2) is 38.0 Å². The van der Waals surface area contributed by atoms with Gasteiger partial charge in [0.15, 0.2) is 5.65 Å². The molecule has 134 valence electrons. The van der Waals surface area contributed by atoms with E-state index in [9.17, 15) is 9.90 Å². The zero-order valence-electron chi connectivity index (χ0n) is 14.5. The highest BCUT2D eigenvalue weighted by molar-refractivity contribution is 5.92. The number of amides is 2. The molecule has 0 aliphatic heterocycles. The van der Waals surface area contributed by atoms with E-state index in [2.05, 4.69) is 32.8 Å². The normalized spacial score (nSPS) is 19.2. The fourth-order valence-electron chi connectivity index (χ4n) is 3.13. The Balaban J connectivity index is 1.52. The molecule has 0 radical (unpaired) electrons. The molecule has 0 spiro atoms. The van der Waals surface area contributed by atoms with Crippen LogP contribution in [0.25, 0.3) is 11.0 Å². The van der Waals surface area contributed by atoms with Gasteiger partial charge in [-0.1, -0.05) is 30.3 Å². The second kappa shape index (κ2) is 6.76. The van der Waals surface area contributed by atoms with Gasteiger partial charge in [0, 0.05) is 5.39 Å². The number of aliphatic hydroxyl groups excluding tert-OH is 1. The standard InChI is InChI=1S/C19H21N5O2/c1-12-15-9-14(21-19(26)22-16-7-8-17(16)25)10-20-18(15)24(23-12)11-13-5-3-2-4-6-13/h2-6,9-10,16-17,25H,7-8,11H2,1H3,(H2,21,22,26)/t16-,17+/m1/s1. The summed E-state index contributed by atoms with van der Waals surface area (Å²) in [7, 11) is 0. The number of benzene rings is 1. The Morgan fingerprint density at radius 1 is 1.31 bits per heavy atom. The molecule has 2 atom stereocenters. The molecule has 7 nitrogen and oxygen atoms in total. The summed E-state index contributed by atoms with van der Waals surface area (Å²) < 4.78 is 1.87. The third kappa shape index (κ3) is 3.25. The number of hydrogen-bond acceptors (Lipinski definition) is 4. The average Bonchev–Trinajstić information content (AvgIpc) is 2.94. The van der Waals surface area contributed by atoms with Gasteiger partial charge in [0.05, 0.1) is 36.3 Å². The van der Waals surface area contributed by atoms with Crippen molar-refractivity contribution < 1.29 is 9.90 Å². The summed E-state index contributed by atoms with van der Waals surface area (Å²) >= 11 is 0. The van der Waals surface area contributed by atoms with Crippen LogP contribution in [0, 0.1) is 6.92 Å². The van der Waals surface area contributed by atoms with Gasteiger partial charge < -0.3 is 15.7 Å². The first-order valence-corrected chi connectivity index (χ1v) is 8.73. The number of nitrogens with one attached hydrogen (secondary N) is 2. The van der Waals surface area contributed by atoms with Crippen molar-refractivity contribution in [3.8, 4) is 0 Å². The summed E-state index contributed by atoms with van der Waals surface area (Å²) in [5.74, 6) is 0. The second-order valence-electron chi connectivity index (χ2n) is 6.67. The van der Waals surface area contributed by atoms with Crippen LogP contribution in [0.4, 0.5) is 10.5 Å². The first kappa shape index (κ1) is 16.5. The highest BCUT2D eigenvalue weighted by Gasteiger charge is 2.30. The van der Waals surface area contributed by atoms with E-state index in [1.54, 1.807) is 6.20 Å². The number of aryl methyl sites for hydroxylation is 1. The Morgan fingerprint density at radius 2 is 2.12 bits per heavy atom. The monoisotopic (exact) mass is 351 g/mol. The minimum atomic E-state index is -0.445. The Hall–Kier alpha value is -2.93. The summed E-state index contributed by atoms with van der Waals surface area (Å²) in [5, 5.41) is 20.6. The smallest absolute Gasteiger partial charge is 0.319 e. The minimum absolute atomic E-state index is 0.165. The highest BCUT2D eigenvalue weighted by atomic mass is 16.3. The third-order valence-corrected chi connectivity index (χ3v) is 4.76. The molecule has 1 fully saturated rings. The lowest BCUT2D eigenvalue weighted by Crippen LogP contribution is -2.51. The number of aliphatic hydroxyl groups is 1. The van der Waals surface area contributed by atoms with Gasteiger partial charge >= 0.3 is 6.03 Å². The van der Waals surface area contributed by atoms with Crippen molar-refractivity contribution >= 4 is 22.8 Å². The van der Waals surface area contributed by atoms with E-state index in [1.807, 2.05) is 35.9 Å². The van der Waals surface area contributed by atoms with Crippen LogP contribution in [0.2, 0.25) is 0 Å². The summed E-state index contributed by atoms with van der Waals surface area (Å²) in [6, 6.07) is 11.5. The summed E-state index contributed by atoms with van der Waals surface area (Å²) in [6.45, 7) is 2.57. The summed E-state index contributed by atoms with van der Waals surface area (Å²) in [4.78, 5) is 16.5. The molecule has 1 aliphatic carbocycles. The van der Waals surface area contributed by atoms with Crippen LogP contribution in [-0.2, 0) is 6.54 Å². The molecule has 2 amide bonds. The average molecular weight is 351 g/mol. The number of hydrogen-bond donors (Lipinski definition) is 3. The lowest BCUT2D eigenvalue weighted by atomic mass is 9.89. The minimum Gasteiger partial charge on any atom is -0.391 e. The number of rotatable bonds is 4. The lowest BCUT2D eigenvalue weighted by Gasteiger charge is -2.32. The van der Waals surface area contributed by atoms with Crippen molar-refractivity contribution in [2.24, 2.45) is 0 Å². The number of pyridine rings is 1. The first-order chi connectivity index (χ1) is 12.6. The lowest BCUT2D eigenvalue weighted by molar-refractivity contribution is 0.0559. The molecule has 3 aromatic rings. The molecule has 0 bridgehead atoms. The molecular formula is C19H21N5O2. The van der Waals surface area contributed by atoms with Crippen molar-refractivity contribution in [3.05, 3.63) is 53.9 Å². The van der Waals surface area contributed by atoms with E-state index in [4.69, 9.17) is 0 Å². The van der Waals surface area contributed by atoms with Crippen molar-refractivity contribution in [1.29, 1.82) is 0 Å². The van der Waals surface area contributed by atoms with Gasteiger partial charge in [-0.15, -0.1) is 0 Å². The maximum absolute atomic E-state index is 12.0. The maximum atomic E-state index is 12.0. The van der Waals surface area contributed by atoms with Crippen LogP contribution in [0.15, 0.2) is 42.6 Å². The Kier molecular flexibility index (Phi) is 4.30. The van der Waals surface area contributed by atoms with Crippen LogP contribution in [0.3, 0.4) is 0 Å². The summed E-state index contributed by atoms with van der Waals surface area (Å²) in [5.41, 5.74) is 3.40. The van der Waals surface area contributed by atoms with Gasteiger partial charge in [-0.25, -0.2) is 14.5 Å². The van der Waals surface area contributed by atoms with Crippen molar-refractivity contribution in [2.75, 3.05) is 5.32 Å². The SMILES string of the molecule is Cc1nn(Cc2ccccc2)c2ncc(NC(=O)N[C@@H]3CC[C@@H]3O)cc12. The predicted molar refractivity (Wildman–Crippen MR) is 99.0 cm³/mol. The predicted octanol–water partition coefficient (Wildman–Crippen LogP) is 2.43. The van der Waals surface area contributed by atoms with Crippen molar-refractivity contribution in [3.63, 3.8) is 0 Å². The molecule has 26 heavy (non-hydrogen) atoms. The van der Waals surface area contributed by atoms with Gasteiger partial charge in [-0.2, -0.15) is 5.10 Å². The van der Waals surface area contributed by atoms with Crippen LogP contribution < -0.4 is 10.6 Å². The maximum Gasteiger partial charge on any atom is 0.319 e. The number of fused-ring (bicyclic) bond motifs is 1. The van der Waals surface area contributed by atoms with Gasteiger partial charge in [0.2, 0.25) is 0 Å². The number of anilines is 1. The van der Waals surface area contributed by atoms with Crippen molar-refractivity contribution in [2.45, 2.75) is 38.5 Å². The summed E-state index contributed by atoms with van der Waals surface area (Å²) in [6.07, 6.45) is 2.72. The molecule has 3 N–H and O–H groups in total.